The Morgan fingerprint density at radius 2 is 1.85 bits per heavy atom. The number of amides is 3. The molecule has 0 aliphatic rings. The number of nitriles is 1. The van der Waals surface area contributed by atoms with Gasteiger partial charge >= 0.3 is 6.09 Å². The Kier molecular flexibility index (Phi) is 11.2. The smallest absolute Gasteiger partial charge is 0.408 e. The van der Waals surface area contributed by atoms with Crippen molar-refractivity contribution in [3.8, 4) is 6.07 Å². The standard InChI is InChI=1S/C24H36N4O4S/c1-7-10-17(3)26-21(29)20(18-12-9-8-11-16(18)2)28(14-13-25)22(30)19(15-33)27-23(31)32-24(4,5)6/h8-9,11-12,17,19-20,33H,7,10,14-15H2,1-6H3,(H,26,29)(H,27,31). The predicted octanol–water partition coefficient (Wildman–Crippen LogP) is 3.52. The summed E-state index contributed by atoms with van der Waals surface area (Å²) in [5.74, 6) is -1.01. The van der Waals surface area contributed by atoms with E-state index in [0.29, 0.717) is 5.56 Å². The maximum atomic E-state index is 13.5. The summed E-state index contributed by atoms with van der Waals surface area (Å²) in [6.07, 6.45) is 0.886. The Morgan fingerprint density at radius 1 is 1.21 bits per heavy atom. The summed E-state index contributed by atoms with van der Waals surface area (Å²) in [5, 5.41) is 14.9. The van der Waals surface area contributed by atoms with E-state index in [1.54, 1.807) is 32.9 Å². The second kappa shape index (κ2) is 13.1. The van der Waals surface area contributed by atoms with Gasteiger partial charge in [0.15, 0.2) is 0 Å². The lowest BCUT2D eigenvalue weighted by Crippen LogP contribution is -2.54. The van der Waals surface area contributed by atoms with Crippen molar-refractivity contribution in [1.82, 2.24) is 15.5 Å². The molecule has 3 unspecified atom stereocenters. The molecular weight excluding hydrogens is 440 g/mol. The highest BCUT2D eigenvalue weighted by Gasteiger charge is 2.36. The van der Waals surface area contributed by atoms with Gasteiger partial charge in [-0.2, -0.15) is 17.9 Å². The maximum Gasteiger partial charge on any atom is 0.408 e. The number of hydrogen-bond acceptors (Lipinski definition) is 6. The quantitative estimate of drug-likeness (QED) is 0.353. The molecule has 0 radical (unpaired) electrons. The fraction of sp³-hybridized carbons (Fsp3) is 0.583. The van der Waals surface area contributed by atoms with Crippen molar-refractivity contribution in [3.05, 3.63) is 35.4 Å². The van der Waals surface area contributed by atoms with Crippen LogP contribution in [0, 0.1) is 18.3 Å². The minimum atomic E-state index is -1.08. The molecule has 3 amide bonds. The topological polar surface area (TPSA) is 112 Å². The largest absolute Gasteiger partial charge is 0.444 e. The van der Waals surface area contributed by atoms with Crippen LogP contribution in [0.5, 0.6) is 0 Å². The lowest BCUT2D eigenvalue weighted by molar-refractivity contribution is -0.141. The average molecular weight is 477 g/mol. The van der Waals surface area contributed by atoms with Crippen LogP contribution in [0.1, 0.15) is 64.6 Å². The van der Waals surface area contributed by atoms with Crippen LogP contribution in [0.15, 0.2) is 24.3 Å². The molecule has 0 aliphatic heterocycles. The first-order valence-electron chi connectivity index (χ1n) is 11.1. The highest BCUT2D eigenvalue weighted by molar-refractivity contribution is 7.80. The van der Waals surface area contributed by atoms with E-state index in [2.05, 4.69) is 23.3 Å². The van der Waals surface area contributed by atoms with E-state index in [4.69, 9.17) is 4.74 Å². The Bertz CT molecular complexity index is 863. The molecule has 2 N–H and O–H groups in total. The van der Waals surface area contributed by atoms with Gasteiger partial charge in [0.05, 0.1) is 6.07 Å². The number of carbonyl (C=O) groups is 3. The van der Waals surface area contributed by atoms with Gasteiger partial charge in [-0.3, -0.25) is 9.59 Å². The lowest BCUT2D eigenvalue weighted by atomic mass is 9.98. The van der Waals surface area contributed by atoms with E-state index in [9.17, 15) is 19.6 Å². The molecule has 1 rings (SSSR count). The molecule has 0 aliphatic carbocycles. The monoisotopic (exact) mass is 476 g/mol. The summed E-state index contributed by atoms with van der Waals surface area (Å²) >= 11 is 4.21. The minimum Gasteiger partial charge on any atom is -0.444 e. The SMILES string of the molecule is CCCC(C)NC(=O)C(c1ccccc1C)N(CC#N)C(=O)C(CS)NC(=O)OC(C)(C)C. The van der Waals surface area contributed by atoms with E-state index < -0.39 is 29.7 Å². The first-order valence-corrected chi connectivity index (χ1v) is 11.7. The number of benzene rings is 1. The van der Waals surface area contributed by atoms with E-state index in [-0.39, 0.29) is 24.2 Å². The van der Waals surface area contributed by atoms with Crippen LogP contribution in [0.4, 0.5) is 4.79 Å². The van der Waals surface area contributed by atoms with Gasteiger partial charge in [0.2, 0.25) is 11.8 Å². The van der Waals surface area contributed by atoms with Gasteiger partial charge in [-0.25, -0.2) is 4.79 Å². The molecule has 0 saturated heterocycles. The van der Waals surface area contributed by atoms with Crippen LogP contribution in [0.3, 0.4) is 0 Å². The van der Waals surface area contributed by atoms with Gasteiger partial charge in [0.25, 0.3) is 0 Å². The van der Waals surface area contributed by atoms with Crippen LogP contribution in [0.2, 0.25) is 0 Å². The fourth-order valence-electron chi connectivity index (χ4n) is 3.38. The van der Waals surface area contributed by atoms with Crippen LogP contribution >= 0.6 is 12.6 Å². The first kappa shape index (κ1) is 28.3. The molecule has 9 heteroatoms. The summed E-state index contributed by atoms with van der Waals surface area (Å²) < 4.78 is 5.25. The predicted molar refractivity (Wildman–Crippen MR) is 131 cm³/mol. The zero-order valence-corrected chi connectivity index (χ0v) is 21.2. The van der Waals surface area contributed by atoms with E-state index in [1.165, 1.54) is 4.90 Å². The summed E-state index contributed by atoms with van der Waals surface area (Å²) in [6.45, 7) is 10.6. The van der Waals surface area contributed by atoms with Crippen molar-refractivity contribution in [3.63, 3.8) is 0 Å². The van der Waals surface area contributed by atoms with E-state index in [1.807, 2.05) is 39.0 Å². The molecule has 182 valence electrons. The third-order valence-corrected chi connectivity index (χ3v) is 5.21. The molecule has 0 saturated carbocycles. The third-order valence-electron chi connectivity index (χ3n) is 4.85. The summed E-state index contributed by atoms with van der Waals surface area (Å²) in [5.41, 5.74) is 0.663. The summed E-state index contributed by atoms with van der Waals surface area (Å²) in [7, 11) is 0. The number of hydrogen-bond donors (Lipinski definition) is 3. The zero-order valence-electron chi connectivity index (χ0n) is 20.3. The van der Waals surface area contributed by atoms with Gasteiger partial charge in [0, 0.05) is 11.8 Å². The lowest BCUT2D eigenvalue weighted by Gasteiger charge is -2.33. The Hall–Kier alpha value is -2.73. The van der Waals surface area contributed by atoms with E-state index >= 15 is 0 Å². The highest BCUT2D eigenvalue weighted by atomic mass is 32.1. The molecule has 0 fully saturated rings. The number of ether oxygens (including phenoxy) is 1. The summed E-state index contributed by atoms with van der Waals surface area (Å²) in [4.78, 5) is 40.3. The van der Waals surface area contributed by atoms with Crippen molar-refractivity contribution in [2.45, 2.75) is 78.1 Å². The third kappa shape index (κ3) is 8.97. The molecule has 0 spiro atoms. The molecule has 1 aromatic rings. The van der Waals surface area contributed by atoms with Crippen LogP contribution in [-0.4, -0.2) is 52.8 Å². The number of carbonyl (C=O) groups excluding carboxylic acids is 3. The fourth-order valence-corrected chi connectivity index (χ4v) is 3.63. The van der Waals surface area contributed by atoms with Crippen molar-refractivity contribution in [2.24, 2.45) is 0 Å². The molecular formula is C24H36N4O4S. The number of aryl methyl sites for hydroxylation is 1. The van der Waals surface area contributed by atoms with Gasteiger partial charge in [-0.05, 0) is 52.2 Å². The van der Waals surface area contributed by atoms with Crippen LogP contribution < -0.4 is 10.6 Å². The number of alkyl carbamates (subject to hydrolysis) is 1. The number of rotatable bonds is 10. The second-order valence-corrected chi connectivity index (χ2v) is 9.33. The Balaban J connectivity index is 3.35. The number of thiol groups is 1. The average Bonchev–Trinajstić information content (AvgIpc) is 2.71. The molecule has 0 aromatic heterocycles. The molecule has 1 aromatic carbocycles. The molecule has 3 atom stereocenters. The maximum absolute atomic E-state index is 13.5. The molecule has 8 nitrogen and oxygen atoms in total. The number of nitrogens with one attached hydrogen (secondary N) is 2. The zero-order chi connectivity index (χ0) is 25.2. The summed E-state index contributed by atoms with van der Waals surface area (Å²) in [6, 6.07) is 6.98. The van der Waals surface area contributed by atoms with Crippen molar-refractivity contribution in [1.29, 1.82) is 5.26 Å². The Morgan fingerprint density at radius 3 is 2.36 bits per heavy atom. The van der Waals surface area contributed by atoms with Gasteiger partial charge in [0.1, 0.15) is 24.2 Å². The number of nitrogens with zero attached hydrogens (tertiary/aromatic N) is 2. The van der Waals surface area contributed by atoms with E-state index in [0.717, 1.165) is 18.4 Å². The minimum absolute atomic E-state index is 0.0334. The van der Waals surface area contributed by atoms with Crippen molar-refractivity contribution < 1.29 is 19.1 Å². The first-order chi connectivity index (χ1) is 15.4. The Labute approximate surface area is 202 Å². The van der Waals surface area contributed by atoms with Crippen LogP contribution in [0.25, 0.3) is 0 Å². The van der Waals surface area contributed by atoms with Crippen molar-refractivity contribution >= 4 is 30.5 Å². The molecule has 0 heterocycles. The second-order valence-electron chi connectivity index (χ2n) is 8.96. The molecule has 33 heavy (non-hydrogen) atoms. The normalized spacial score (nSPS) is 13.8. The van der Waals surface area contributed by atoms with Gasteiger partial charge < -0.3 is 20.3 Å². The molecule has 0 bridgehead atoms. The van der Waals surface area contributed by atoms with Gasteiger partial charge in [-0.15, -0.1) is 0 Å². The van der Waals surface area contributed by atoms with Gasteiger partial charge in [-0.1, -0.05) is 37.6 Å². The highest BCUT2D eigenvalue weighted by Crippen LogP contribution is 2.26. The van der Waals surface area contributed by atoms with Crippen molar-refractivity contribution in [2.75, 3.05) is 12.3 Å². The van der Waals surface area contributed by atoms with Crippen LogP contribution in [-0.2, 0) is 14.3 Å².